The smallest absolute Gasteiger partial charge is 0.361 e. The Morgan fingerprint density at radius 3 is 1.44 bits per heavy atom. The maximum Gasteiger partial charge on any atom is 0.361 e. The third kappa shape index (κ3) is 3.93. The van der Waals surface area contributed by atoms with Crippen LogP contribution in [0.15, 0.2) is 182 Å². The lowest BCUT2D eigenvalue weighted by Crippen LogP contribution is -2.78. The molecular weight excluding hydrogens is 541 g/mol. The van der Waals surface area contributed by atoms with Gasteiger partial charge in [-0.05, 0) is 50.0 Å². The second-order valence-corrected chi connectivity index (χ2v) is 12.2. The summed E-state index contributed by atoms with van der Waals surface area (Å²) in [5.41, 5.74) is 8.94. The molecule has 0 N–H and O–H groups in total. The standard InChI is InChI=1S/C43H30BN/c1-2-15-34(16-3-1)42-41-20-10-11-27-45(41)44(39-25-23-32-13-5-8-18-36(32)29-39,40-26-24-33-14-6-9-19-37(33)30-40)43(42)38-22-21-31-12-4-7-17-35(31)28-38/h1-30H. The normalized spacial score (nSPS) is 13.9. The Balaban J connectivity index is 1.49. The Labute approximate surface area is 263 Å². The predicted molar refractivity (Wildman–Crippen MR) is 191 cm³/mol. The van der Waals surface area contributed by atoms with Gasteiger partial charge in [-0.2, -0.15) is 0 Å². The summed E-state index contributed by atoms with van der Waals surface area (Å²) in [6.07, 6.45) is 0.624. The van der Waals surface area contributed by atoms with Gasteiger partial charge in [-0.15, -0.1) is 16.4 Å². The van der Waals surface area contributed by atoms with Crippen molar-refractivity contribution < 1.29 is 4.48 Å². The fourth-order valence-corrected chi connectivity index (χ4v) is 7.92. The van der Waals surface area contributed by atoms with E-state index in [9.17, 15) is 0 Å². The van der Waals surface area contributed by atoms with Crippen LogP contribution in [0.5, 0.6) is 0 Å². The minimum Gasteiger partial charge on any atom is -0.408 e. The van der Waals surface area contributed by atoms with E-state index >= 15 is 0 Å². The third-order valence-electron chi connectivity index (χ3n) is 9.89. The summed E-state index contributed by atoms with van der Waals surface area (Å²) >= 11 is 0. The molecule has 0 unspecified atom stereocenters. The highest BCUT2D eigenvalue weighted by atomic mass is 14.9. The first kappa shape index (κ1) is 25.7. The largest absolute Gasteiger partial charge is 0.408 e. The van der Waals surface area contributed by atoms with Gasteiger partial charge in [-0.3, -0.25) is 0 Å². The number of pyridine rings is 1. The van der Waals surface area contributed by atoms with Crippen molar-refractivity contribution in [1.82, 2.24) is 0 Å². The monoisotopic (exact) mass is 571 g/mol. The lowest BCUT2D eigenvalue weighted by Gasteiger charge is -2.36. The second kappa shape index (κ2) is 10.2. The van der Waals surface area contributed by atoms with Gasteiger partial charge in [0, 0.05) is 11.6 Å². The molecule has 0 saturated heterocycles. The first-order valence-corrected chi connectivity index (χ1v) is 15.8. The molecule has 7 aromatic carbocycles. The zero-order valence-corrected chi connectivity index (χ0v) is 24.8. The quantitative estimate of drug-likeness (QED) is 0.186. The molecule has 210 valence electrons. The van der Waals surface area contributed by atoms with Crippen LogP contribution in [0.25, 0.3) is 43.4 Å². The molecule has 45 heavy (non-hydrogen) atoms. The van der Waals surface area contributed by atoms with Gasteiger partial charge in [-0.1, -0.05) is 163 Å². The average molecular weight is 572 g/mol. The number of fused-ring (bicyclic) bond motifs is 4. The fraction of sp³-hybridized carbons (Fsp3) is 0. The summed E-state index contributed by atoms with van der Waals surface area (Å²) in [7, 11) is 0. The van der Waals surface area contributed by atoms with Gasteiger partial charge in [0.25, 0.3) is 0 Å². The maximum absolute atomic E-state index is 2.58. The molecule has 1 nitrogen and oxygen atoms in total. The van der Waals surface area contributed by atoms with Crippen molar-refractivity contribution in [3.8, 4) is 0 Å². The number of nitrogens with zero attached hydrogens (tertiary/aromatic N) is 1. The van der Waals surface area contributed by atoms with E-state index in [0.29, 0.717) is 0 Å². The fourth-order valence-electron chi connectivity index (χ4n) is 7.92. The second-order valence-electron chi connectivity index (χ2n) is 12.2. The molecule has 2 heterocycles. The molecule has 0 radical (unpaired) electrons. The number of aromatic nitrogens is 1. The van der Waals surface area contributed by atoms with Crippen LogP contribution < -0.4 is 15.4 Å². The van der Waals surface area contributed by atoms with Gasteiger partial charge in [0.15, 0.2) is 5.69 Å². The van der Waals surface area contributed by atoms with E-state index in [1.54, 1.807) is 0 Å². The van der Waals surface area contributed by atoms with Crippen molar-refractivity contribution in [2.24, 2.45) is 0 Å². The van der Waals surface area contributed by atoms with E-state index in [2.05, 4.69) is 187 Å². The molecule has 0 spiro atoms. The molecule has 0 aliphatic carbocycles. The predicted octanol–water partition coefficient (Wildman–Crippen LogP) is 8.55. The van der Waals surface area contributed by atoms with Gasteiger partial charge in [0.1, 0.15) is 6.20 Å². The van der Waals surface area contributed by atoms with E-state index in [1.807, 2.05) is 0 Å². The van der Waals surface area contributed by atoms with Crippen LogP contribution in [0, 0.1) is 0 Å². The minimum atomic E-state index is -1.68. The maximum atomic E-state index is 2.58. The molecule has 1 aliphatic rings. The first-order chi connectivity index (χ1) is 22.3. The molecule has 8 aromatic rings. The SMILES string of the molecule is c1ccc(C2=C(c3ccc4ccccc4c3)[B-](c3ccc4ccccc4c3)(c3ccc4ccccc4c3)[n+]3ccccc32)cc1. The topological polar surface area (TPSA) is 3.88 Å². The Bertz CT molecular complexity index is 2360. The Kier molecular flexibility index (Phi) is 5.82. The molecule has 0 amide bonds. The molecule has 9 rings (SSSR count). The highest BCUT2D eigenvalue weighted by Crippen LogP contribution is 2.41. The van der Waals surface area contributed by atoms with Crippen molar-refractivity contribution in [1.29, 1.82) is 0 Å². The number of hydrogen-bond donors (Lipinski definition) is 0. The van der Waals surface area contributed by atoms with Crippen molar-refractivity contribution in [2.45, 2.75) is 0 Å². The van der Waals surface area contributed by atoms with Gasteiger partial charge in [0.2, 0.25) is 0 Å². The van der Waals surface area contributed by atoms with E-state index in [4.69, 9.17) is 0 Å². The number of benzene rings is 7. The highest BCUT2D eigenvalue weighted by molar-refractivity contribution is 7.11. The molecule has 1 aromatic heterocycles. The van der Waals surface area contributed by atoms with E-state index in [-0.39, 0.29) is 0 Å². The van der Waals surface area contributed by atoms with Crippen LogP contribution in [0.4, 0.5) is 0 Å². The van der Waals surface area contributed by atoms with Crippen LogP contribution in [0.2, 0.25) is 0 Å². The summed E-state index contributed by atoms with van der Waals surface area (Å²) in [4.78, 5) is 0. The van der Waals surface area contributed by atoms with Crippen LogP contribution in [-0.2, 0) is 0 Å². The lowest BCUT2D eigenvalue weighted by atomic mass is 9.23. The highest BCUT2D eigenvalue weighted by Gasteiger charge is 2.52. The van der Waals surface area contributed by atoms with Crippen LogP contribution in [-0.4, -0.2) is 6.28 Å². The van der Waals surface area contributed by atoms with Gasteiger partial charge >= 0.3 is 6.28 Å². The van der Waals surface area contributed by atoms with Crippen molar-refractivity contribution in [2.75, 3.05) is 0 Å². The summed E-state index contributed by atoms with van der Waals surface area (Å²) < 4.78 is 2.58. The van der Waals surface area contributed by atoms with Crippen LogP contribution in [0.3, 0.4) is 0 Å². The zero-order chi connectivity index (χ0) is 29.8. The number of hydrogen-bond acceptors (Lipinski definition) is 0. The Morgan fingerprint density at radius 1 is 0.356 bits per heavy atom. The lowest BCUT2D eigenvalue weighted by molar-refractivity contribution is -0.539. The molecular formula is C43H30BN. The van der Waals surface area contributed by atoms with Crippen molar-refractivity contribution >= 4 is 60.6 Å². The third-order valence-corrected chi connectivity index (χ3v) is 9.89. The van der Waals surface area contributed by atoms with E-state index in [0.717, 1.165) is 0 Å². The van der Waals surface area contributed by atoms with Gasteiger partial charge in [-0.25, -0.2) is 0 Å². The minimum absolute atomic E-state index is 1.23. The Morgan fingerprint density at radius 2 is 0.844 bits per heavy atom. The van der Waals surface area contributed by atoms with Crippen LogP contribution in [0.1, 0.15) is 16.8 Å². The van der Waals surface area contributed by atoms with Crippen molar-refractivity contribution in [3.63, 3.8) is 0 Å². The summed E-state index contributed by atoms with van der Waals surface area (Å²) in [5, 5.41) is 7.50. The molecule has 2 heteroatoms. The van der Waals surface area contributed by atoms with Crippen LogP contribution >= 0.6 is 0 Å². The first-order valence-electron chi connectivity index (χ1n) is 15.8. The molecule has 1 aliphatic heterocycles. The summed E-state index contributed by atoms with van der Waals surface area (Å²) in [6, 6.07) is 65.0. The average Bonchev–Trinajstić information content (AvgIpc) is 3.43. The van der Waals surface area contributed by atoms with E-state index < -0.39 is 6.28 Å². The summed E-state index contributed by atoms with van der Waals surface area (Å²) in [5.74, 6) is 0. The molecule has 0 atom stereocenters. The molecule has 0 fully saturated rings. The van der Waals surface area contributed by atoms with E-state index in [1.165, 1.54) is 71.1 Å². The molecule has 0 saturated carbocycles. The van der Waals surface area contributed by atoms with Crippen molar-refractivity contribution in [3.05, 3.63) is 199 Å². The number of rotatable bonds is 4. The molecule has 0 bridgehead atoms. The summed E-state index contributed by atoms with van der Waals surface area (Å²) in [6.45, 7) is 0. The zero-order valence-electron chi connectivity index (χ0n) is 24.8. The van der Waals surface area contributed by atoms with Gasteiger partial charge in [0.05, 0.1) is 0 Å². The Hall–Kier alpha value is -5.73. The van der Waals surface area contributed by atoms with Gasteiger partial charge < -0.3 is 4.48 Å².